The fourth-order valence-electron chi connectivity index (χ4n) is 9.07. The van der Waals surface area contributed by atoms with Crippen molar-refractivity contribution in [2.45, 2.75) is 211 Å². The molecule has 0 bridgehead atoms. The highest BCUT2D eigenvalue weighted by atomic mass is 79.9. The molecule has 5 atom stereocenters. The number of benzene rings is 5. The van der Waals surface area contributed by atoms with Crippen LogP contribution in [0.5, 0.6) is 0 Å². The maximum atomic E-state index is 13.5. The van der Waals surface area contributed by atoms with Gasteiger partial charge in [-0.3, -0.25) is 24.0 Å². The SMILES string of the molecule is CCC(NC(=O)Cc1ccc(F)cc1)C(=O)OCC(C)C.CCC(NC(=O)Cc1cccc(Br)c1)C(=O)OCC(C)C.CCC(NC(=O)Cc1cccc(C(F)(F)F)c1)C(=O)OCC(C)C.CCC(NC(=O)Cc1ccccc1C)C(=O)OCC(C)C.CCC(NC(=O)Cc1ccccc1F)C(=O)OCC(C)C. The van der Waals surface area contributed by atoms with E-state index >= 15 is 0 Å². The molecule has 0 aliphatic heterocycles. The van der Waals surface area contributed by atoms with Crippen LogP contribution in [0.4, 0.5) is 22.0 Å². The van der Waals surface area contributed by atoms with E-state index in [9.17, 15) is 69.9 Å². The van der Waals surface area contributed by atoms with Crippen LogP contribution in [-0.2, 0) is 110 Å². The van der Waals surface area contributed by atoms with Crippen molar-refractivity contribution in [3.8, 4) is 0 Å². The van der Waals surface area contributed by atoms with Crippen LogP contribution in [0.25, 0.3) is 0 Å². The number of rotatable bonds is 35. The molecule has 26 heteroatoms. The molecule has 0 fully saturated rings. The third kappa shape index (κ3) is 43.1. The molecule has 20 nitrogen and oxygen atoms in total. The van der Waals surface area contributed by atoms with Crippen LogP contribution in [0.2, 0.25) is 0 Å². The number of hydrogen-bond acceptors (Lipinski definition) is 15. The quantitative estimate of drug-likeness (QED) is 0.0143. The van der Waals surface area contributed by atoms with Gasteiger partial charge in [0.05, 0.1) is 70.7 Å². The summed E-state index contributed by atoms with van der Waals surface area (Å²) in [6, 6.07) is 28.3. The number of halogens is 6. The van der Waals surface area contributed by atoms with Crippen molar-refractivity contribution in [1.82, 2.24) is 26.6 Å². The third-order valence-electron chi connectivity index (χ3n) is 15.0. The van der Waals surface area contributed by atoms with E-state index in [1.54, 1.807) is 51.1 Å². The Labute approximate surface area is 642 Å². The van der Waals surface area contributed by atoms with Gasteiger partial charge < -0.3 is 50.3 Å². The summed E-state index contributed by atoms with van der Waals surface area (Å²) in [6.45, 7) is 32.1. The lowest BCUT2D eigenvalue weighted by Crippen LogP contribution is -2.42. The lowest BCUT2D eigenvalue weighted by atomic mass is 10.1. The average Bonchev–Trinajstić information content (AvgIpc) is 0.841. The fraction of sp³-hybridized carbons (Fsp3) is 0.512. The van der Waals surface area contributed by atoms with Gasteiger partial charge >= 0.3 is 36.0 Å². The van der Waals surface area contributed by atoms with Crippen LogP contribution in [0.1, 0.15) is 175 Å². The summed E-state index contributed by atoms with van der Waals surface area (Å²) < 4.78 is 90.8. The van der Waals surface area contributed by atoms with Gasteiger partial charge in [-0.1, -0.05) is 205 Å². The molecular formula is C82H113BrF5N5O15. The van der Waals surface area contributed by atoms with Crippen molar-refractivity contribution in [2.24, 2.45) is 29.6 Å². The van der Waals surface area contributed by atoms with Crippen LogP contribution in [0.3, 0.4) is 0 Å². The van der Waals surface area contributed by atoms with E-state index in [0.29, 0.717) is 69.7 Å². The first-order chi connectivity index (χ1) is 50.8. The number of carbonyl (C=O) groups is 10. The van der Waals surface area contributed by atoms with Crippen molar-refractivity contribution in [2.75, 3.05) is 33.0 Å². The summed E-state index contributed by atoms with van der Waals surface area (Å²) in [4.78, 5) is 119. The van der Waals surface area contributed by atoms with Gasteiger partial charge in [-0.25, -0.2) is 32.8 Å². The number of amides is 5. The topological polar surface area (TPSA) is 277 Å². The first kappa shape index (κ1) is 96.9. The Morgan fingerprint density at radius 1 is 0.361 bits per heavy atom. The Hall–Kier alpha value is -9.07. The molecule has 5 unspecified atom stereocenters. The lowest BCUT2D eigenvalue weighted by molar-refractivity contribution is -0.149. The molecule has 5 N–H and O–H groups in total. The zero-order valence-corrected chi connectivity index (χ0v) is 66.9. The van der Waals surface area contributed by atoms with E-state index in [0.717, 1.165) is 33.3 Å². The molecule has 0 saturated heterocycles. The summed E-state index contributed by atoms with van der Waals surface area (Å²) in [6.07, 6.45) is -1.89. The van der Waals surface area contributed by atoms with Gasteiger partial charge in [0, 0.05) is 4.47 Å². The number of alkyl halides is 3. The predicted octanol–water partition coefficient (Wildman–Crippen LogP) is 14.0. The number of nitrogens with one attached hydrogen (secondary N) is 5. The molecular weight excluding hydrogens is 1470 g/mol. The molecule has 0 saturated carbocycles. The Morgan fingerprint density at radius 2 is 0.657 bits per heavy atom. The number of esters is 5. The molecule has 598 valence electrons. The number of aryl methyl sites for hydroxylation is 1. The first-order valence-electron chi connectivity index (χ1n) is 36.6. The van der Waals surface area contributed by atoms with Crippen LogP contribution in [-0.4, -0.2) is 123 Å². The number of hydrogen-bond donors (Lipinski definition) is 5. The average molecular weight is 1580 g/mol. The van der Waals surface area contributed by atoms with Crippen LogP contribution < -0.4 is 26.6 Å². The second kappa shape index (κ2) is 52.9. The zero-order chi connectivity index (χ0) is 81.6. The highest BCUT2D eigenvalue weighted by Gasteiger charge is 2.31. The molecule has 0 heterocycles. The van der Waals surface area contributed by atoms with Crippen LogP contribution in [0, 0.1) is 48.1 Å². The smallest absolute Gasteiger partial charge is 0.416 e. The van der Waals surface area contributed by atoms with E-state index in [2.05, 4.69) is 42.5 Å². The number of ether oxygens (including phenoxy) is 5. The Bertz CT molecular complexity index is 3480. The lowest BCUT2D eigenvalue weighted by Gasteiger charge is -2.17. The molecule has 0 aromatic heterocycles. The minimum Gasteiger partial charge on any atom is -0.464 e. The molecule has 0 aliphatic rings. The highest BCUT2D eigenvalue weighted by Crippen LogP contribution is 2.30. The molecule has 0 spiro atoms. The van der Waals surface area contributed by atoms with Gasteiger partial charge in [0.1, 0.15) is 41.8 Å². The molecule has 108 heavy (non-hydrogen) atoms. The van der Waals surface area contributed by atoms with Gasteiger partial charge in [0.25, 0.3) is 0 Å². The maximum absolute atomic E-state index is 13.5. The summed E-state index contributed by atoms with van der Waals surface area (Å²) in [5, 5.41) is 13.2. The summed E-state index contributed by atoms with van der Waals surface area (Å²) >= 11 is 3.37. The third-order valence-corrected chi connectivity index (χ3v) is 15.5. The van der Waals surface area contributed by atoms with E-state index in [4.69, 9.17) is 23.7 Å². The standard InChI is InChI=1S/C17H22F3NO3.C17H25NO3.C16H22BrNO3.2C16H22FNO3/c1-4-14(16(23)24-10-11(2)3)21-15(22)9-12-6-5-7-13(8-12)17(18,19)20;1-5-15(17(20)21-11-12(2)3)18-16(19)10-14-9-7-6-8-13(14)4;1-4-14(16(20)21-10-11(2)3)18-15(19)9-12-6-5-7-13(17)8-12;1-4-14(16(20)21-10-11(2)3)18-15(19)9-12-5-7-13(17)8-6-12;1-4-14(16(20)21-10-11(2)3)18-15(19)9-12-7-5-6-8-13(12)17/h5-8,11,14H,4,9-10H2,1-3H3,(H,21,22);6-9,12,15H,5,10-11H2,1-4H3,(H,18,19);3*5-8,11,14H,4,9-10H2,1-3H3,(H,18,19). The minimum atomic E-state index is -4.46. The number of carbonyl (C=O) groups excluding carboxylic acids is 10. The van der Waals surface area contributed by atoms with E-state index < -0.39 is 77.5 Å². The monoisotopic (exact) mass is 1580 g/mol. The van der Waals surface area contributed by atoms with E-state index in [-0.39, 0.29) is 109 Å². The largest absolute Gasteiger partial charge is 0.464 e. The molecule has 5 rings (SSSR count). The van der Waals surface area contributed by atoms with Crippen molar-refractivity contribution >= 4 is 75.3 Å². The second-order valence-electron chi connectivity index (χ2n) is 27.6. The van der Waals surface area contributed by atoms with Gasteiger partial charge in [0.2, 0.25) is 29.5 Å². The van der Waals surface area contributed by atoms with Crippen molar-refractivity contribution in [1.29, 1.82) is 0 Å². The molecule has 5 aromatic carbocycles. The Morgan fingerprint density at radius 3 is 0.972 bits per heavy atom. The second-order valence-corrected chi connectivity index (χ2v) is 28.5. The fourth-order valence-corrected chi connectivity index (χ4v) is 9.52. The summed E-state index contributed by atoms with van der Waals surface area (Å²) in [7, 11) is 0. The summed E-state index contributed by atoms with van der Waals surface area (Å²) in [5.41, 5.74) is 3.36. The normalized spacial score (nSPS) is 12.2. The zero-order valence-electron chi connectivity index (χ0n) is 65.3. The molecule has 0 radical (unpaired) electrons. The highest BCUT2D eigenvalue weighted by molar-refractivity contribution is 9.10. The van der Waals surface area contributed by atoms with Crippen molar-refractivity contribution in [3.63, 3.8) is 0 Å². The van der Waals surface area contributed by atoms with E-state index in [1.165, 1.54) is 30.3 Å². The van der Waals surface area contributed by atoms with Gasteiger partial charge in [-0.2, -0.15) is 13.2 Å². The molecule has 5 aromatic rings. The first-order valence-corrected chi connectivity index (χ1v) is 37.4. The van der Waals surface area contributed by atoms with Crippen LogP contribution in [0.15, 0.2) is 126 Å². The van der Waals surface area contributed by atoms with Crippen molar-refractivity contribution in [3.05, 3.63) is 176 Å². The van der Waals surface area contributed by atoms with Crippen molar-refractivity contribution < 1.29 is 93.6 Å². The Kier molecular flexibility index (Phi) is 47.4. The van der Waals surface area contributed by atoms with Gasteiger partial charge in [-0.15, -0.1) is 0 Å². The predicted molar refractivity (Wildman–Crippen MR) is 408 cm³/mol. The molecule has 5 amide bonds. The maximum Gasteiger partial charge on any atom is 0.416 e. The minimum absolute atomic E-state index is 0.0966. The Balaban J connectivity index is 0.000000676. The van der Waals surface area contributed by atoms with Gasteiger partial charge in [0.15, 0.2) is 0 Å². The van der Waals surface area contributed by atoms with Crippen LogP contribution >= 0.6 is 15.9 Å². The van der Waals surface area contributed by atoms with E-state index in [1.807, 2.05) is 139 Å². The molecule has 0 aliphatic carbocycles. The summed E-state index contributed by atoms with van der Waals surface area (Å²) in [5.74, 6) is -3.21. The van der Waals surface area contributed by atoms with Gasteiger partial charge in [-0.05, 0) is 138 Å².